The average molecular weight is 260 g/mol. The van der Waals surface area contributed by atoms with Gasteiger partial charge in [-0.2, -0.15) is 0 Å². The maximum Gasteiger partial charge on any atom is 0.253 e. The van der Waals surface area contributed by atoms with E-state index in [-0.39, 0.29) is 16.7 Å². The summed E-state index contributed by atoms with van der Waals surface area (Å²) in [6.45, 7) is 11.7. The second kappa shape index (κ2) is 4.26. The third-order valence-electron chi connectivity index (χ3n) is 5.32. The lowest BCUT2D eigenvalue weighted by Crippen LogP contribution is -2.28. The van der Waals surface area contributed by atoms with Crippen molar-refractivity contribution in [3.63, 3.8) is 0 Å². The van der Waals surface area contributed by atoms with Crippen molar-refractivity contribution < 1.29 is 4.79 Å². The van der Waals surface area contributed by atoms with E-state index in [1.165, 1.54) is 0 Å². The zero-order chi connectivity index (χ0) is 14.4. The summed E-state index contributed by atoms with van der Waals surface area (Å²) in [6, 6.07) is 5.55. The molecule has 1 aliphatic rings. The SMILES string of the molecule is Cc1cccc(N)c1C(=O)NCC1C(C)(C)C1(C)C. The van der Waals surface area contributed by atoms with Gasteiger partial charge in [-0.3, -0.25) is 4.79 Å². The number of anilines is 1. The van der Waals surface area contributed by atoms with Gasteiger partial charge in [-0.05, 0) is 35.3 Å². The van der Waals surface area contributed by atoms with Crippen molar-refractivity contribution in [3.8, 4) is 0 Å². The van der Waals surface area contributed by atoms with Crippen molar-refractivity contribution in [3.05, 3.63) is 29.3 Å². The second-order valence-electron chi connectivity index (χ2n) is 6.75. The highest BCUT2D eigenvalue weighted by atomic mass is 16.1. The second-order valence-corrected chi connectivity index (χ2v) is 6.75. The van der Waals surface area contributed by atoms with Crippen LogP contribution in [-0.2, 0) is 0 Å². The van der Waals surface area contributed by atoms with Gasteiger partial charge in [0.05, 0.1) is 5.56 Å². The number of rotatable bonds is 3. The first-order valence-electron chi connectivity index (χ1n) is 6.83. The van der Waals surface area contributed by atoms with Crippen LogP contribution < -0.4 is 11.1 Å². The lowest BCUT2D eigenvalue weighted by Gasteiger charge is -2.10. The molecule has 0 radical (unpaired) electrons. The van der Waals surface area contributed by atoms with Gasteiger partial charge in [0.1, 0.15) is 0 Å². The van der Waals surface area contributed by atoms with E-state index in [0.717, 1.165) is 5.56 Å². The highest BCUT2D eigenvalue weighted by Crippen LogP contribution is 2.67. The van der Waals surface area contributed by atoms with Crippen molar-refractivity contribution in [2.45, 2.75) is 34.6 Å². The van der Waals surface area contributed by atoms with Gasteiger partial charge >= 0.3 is 0 Å². The zero-order valence-corrected chi connectivity index (χ0v) is 12.5. The van der Waals surface area contributed by atoms with Gasteiger partial charge in [0.2, 0.25) is 0 Å². The van der Waals surface area contributed by atoms with Crippen LogP contribution >= 0.6 is 0 Å². The van der Waals surface area contributed by atoms with Gasteiger partial charge in [0.15, 0.2) is 0 Å². The molecule has 1 amide bonds. The molecule has 0 aromatic heterocycles. The third kappa shape index (κ3) is 2.11. The van der Waals surface area contributed by atoms with Crippen molar-refractivity contribution in [2.75, 3.05) is 12.3 Å². The standard InChI is InChI=1S/C16H24N2O/c1-10-7-6-8-11(17)13(10)14(19)18-9-12-15(2,3)16(12,4)5/h6-8,12H,9,17H2,1-5H3,(H,18,19). The van der Waals surface area contributed by atoms with Crippen molar-refractivity contribution in [1.29, 1.82) is 0 Å². The lowest BCUT2D eigenvalue weighted by molar-refractivity contribution is 0.0950. The smallest absolute Gasteiger partial charge is 0.253 e. The number of amides is 1. The molecule has 2 rings (SSSR count). The van der Waals surface area contributed by atoms with Gasteiger partial charge in [-0.15, -0.1) is 0 Å². The van der Waals surface area contributed by atoms with Crippen LogP contribution in [0.25, 0.3) is 0 Å². The van der Waals surface area contributed by atoms with Crippen LogP contribution in [0.4, 0.5) is 5.69 Å². The molecule has 19 heavy (non-hydrogen) atoms. The largest absolute Gasteiger partial charge is 0.398 e. The summed E-state index contributed by atoms with van der Waals surface area (Å²) < 4.78 is 0. The zero-order valence-electron chi connectivity index (χ0n) is 12.5. The first-order chi connectivity index (χ1) is 8.69. The number of nitrogens with two attached hydrogens (primary N) is 1. The summed E-state index contributed by atoms with van der Waals surface area (Å²) in [5.41, 5.74) is 8.55. The number of nitrogens with one attached hydrogen (secondary N) is 1. The number of carbonyl (C=O) groups is 1. The van der Waals surface area contributed by atoms with Crippen molar-refractivity contribution in [2.24, 2.45) is 16.7 Å². The van der Waals surface area contributed by atoms with Crippen molar-refractivity contribution >= 4 is 11.6 Å². The van der Waals surface area contributed by atoms with E-state index < -0.39 is 0 Å². The molecule has 0 bridgehead atoms. The molecular formula is C16H24N2O. The maximum atomic E-state index is 12.2. The van der Waals surface area contributed by atoms with Gasteiger partial charge in [-0.1, -0.05) is 39.8 Å². The van der Waals surface area contributed by atoms with E-state index in [1.807, 2.05) is 19.1 Å². The van der Waals surface area contributed by atoms with E-state index in [4.69, 9.17) is 5.73 Å². The maximum absolute atomic E-state index is 12.2. The number of carbonyl (C=O) groups excluding carboxylic acids is 1. The first-order valence-corrected chi connectivity index (χ1v) is 6.83. The minimum Gasteiger partial charge on any atom is -0.398 e. The lowest BCUT2D eigenvalue weighted by atomic mass is 10.0. The van der Waals surface area contributed by atoms with E-state index in [0.29, 0.717) is 23.7 Å². The Labute approximate surface area is 115 Å². The molecule has 3 nitrogen and oxygen atoms in total. The summed E-state index contributed by atoms with van der Waals surface area (Å²) in [6.07, 6.45) is 0. The fraction of sp³-hybridized carbons (Fsp3) is 0.562. The molecule has 0 unspecified atom stereocenters. The number of hydrogen-bond acceptors (Lipinski definition) is 2. The van der Waals surface area contributed by atoms with Crippen LogP contribution in [0.1, 0.15) is 43.6 Å². The molecule has 1 aromatic rings. The first kappa shape index (κ1) is 13.9. The van der Waals surface area contributed by atoms with Gasteiger partial charge in [0, 0.05) is 12.2 Å². The average Bonchev–Trinajstić information content (AvgIpc) is 2.66. The number of aryl methyl sites for hydroxylation is 1. The molecule has 3 N–H and O–H groups in total. The Kier molecular flexibility index (Phi) is 3.12. The Hall–Kier alpha value is -1.51. The predicted octanol–water partition coefficient (Wildman–Crippen LogP) is 2.99. The quantitative estimate of drug-likeness (QED) is 0.821. The Morgan fingerprint density at radius 2 is 1.84 bits per heavy atom. The van der Waals surface area contributed by atoms with Gasteiger partial charge < -0.3 is 11.1 Å². The monoisotopic (exact) mass is 260 g/mol. The molecule has 104 valence electrons. The van der Waals surface area contributed by atoms with Crippen LogP contribution in [0.2, 0.25) is 0 Å². The van der Waals surface area contributed by atoms with Gasteiger partial charge in [-0.25, -0.2) is 0 Å². The van der Waals surface area contributed by atoms with E-state index in [2.05, 4.69) is 33.0 Å². The highest BCUT2D eigenvalue weighted by molar-refractivity contribution is 6.00. The third-order valence-corrected chi connectivity index (χ3v) is 5.32. The molecule has 3 heteroatoms. The Morgan fingerprint density at radius 1 is 1.26 bits per heavy atom. The summed E-state index contributed by atoms with van der Waals surface area (Å²) >= 11 is 0. The van der Waals surface area contributed by atoms with E-state index in [9.17, 15) is 4.79 Å². The fourth-order valence-corrected chi connectivity index (χ4v) is 3.13. The fourth-order valence-electron chi connectivity index (χ4n) is 3.13. The topological polar surface area (TPSA) is 55.1 Å². The van der Waals surface area contributed by atoms with Gasteiger partial charge in [0.25, 0.3) is 5.91 Å². The minimum atomic E-state index is -0.0610. The molecule has 0 saturated heterocycles. The number of nitrogen functional groups attached to an aromatic ring is 1. The number of benzene rings is 1. The molecule has 0 heterocycles. The Bertz CT molecular complexity index is 483. The Balaban J connectivity index is 2.04. The molecule has 1 aliphatic carbocycles. The normalized spacial score (nSPS) is 20.1. The molecule has 0 aliphatic heterocycles. The van der Waals surface area contributed by atoms with Crippen LogP contribution in [-0.4, -0.2) is 12.5 Å². The summed E-state index contributed by atoms with van der Waals surface area (Å²) in [7, 11) is 0. The minimum absolute atomic E-state index is 0.0610. The van der Waals surface area contributed by atoms with E-state index >= 15 is 0 Å². The van der Waals surface area contributed by atoms with Crippen LogP contribution in [0, 0.1) is 23.7 Å². The summed E-state index contributed by atoms with van der Waals surface area (Å²) in [5.74, 6) is 0.461. The Morgan fingerprint density at radius 3 is 2.32 bits per heavy atom. The van der Waals surface area contributed by atoms with Crippen LogP contribution in [0.15, 0.2) is 18.2 Å². The molecule has 1 fully saturated rings. The summed E-state index contributed by atoms with van der Waals surface area (Å²) in [5, 5.41) is 3.03. The molecule has 1 saturated carbocycles. The predicted molar refractivity (Wildman–Crippen MR) is 79.0 cm³/mol. The molecule has 0 spiro atoms. The number of hydrogen-bond donors (Lipinski definition) is 2. The van der Waals surface area contributed by atoms with Crippen LogP contribution in [0.3, 0.4) is 0 Å². The van der Waals surface area contributed by atoms with Crippen molar-refractivity contribution in [1.82, 2.24) is 5.32 Å². The molecular weight excluding hydrogens is 236 g/mol. The summed E-state index contributed by atoms with van der Waals surface area (Å²) in [4.78, 5) is 12.2. The highest BCUT2D eigenvalue weighted by Gasteiger charge is 2.64. The van der Waals surface area contributed by atoms with E-state index in [1.54, 1.807) is 6.07 Å². The van der Waals surface area contributed by atoms with Crippen LogP contribution in [0.5, 0.6) is 0 Å². The molecule has 1 aromatic carbocycles. The molecule has 0 atom stereocenters.